The van der Waals surface area contributed by atoms with Gasteiger partial charge in [-0.25, -0.2) is 0 Å². The van der Waals surface area contributed by atoms with Crippen molar-refractivity contribution in [1.29, 1.82) is 0 Å². The Morgan fingerprint density at radius 3 is 2.33 bits per heavy atom. The van der Waals surface area contributed by atoms with Crippen molar-refractivity contribution < 1.29 is 4.79 Å². The van der Waals surface area contributed by atoms with Gasteiger partial charge in [0.05, 0.1) is 6.04 Å². The van der Waals surface area contributed by atoms with Gasteiger partial charge in [-0.15, -0.1) is 0 Å². The zero-order valence-electron chi connectivity index (χ0n) is 16.7. The fourth-order valence-electron chi connectivity index (χ4n) is 5.99. The van der Waals surface area contributed by atoms with Gasteiger partial charge in [0.1, 0.15) is 0 Å². The second-order valence-corrected chi connectivity index (χ2v) is 10.8. The SMILES string of the molecule is CCC(C)(C)N1C[C@H]2C[C@H]2[C@H]1C(=O)N1C[C@H]2[C@@H](C)[C@H]2C1C(C)(C)C. The summed E-state index contributed by atoms with van der Waals surface area (Å²) in [7, 11) is 0. The van der Waals surface area contributed by atoms with E-state index in [1.54, 1.807) is 0 Å². The van der Waals surface area contributed by atoms with Gasteiger partial charge in [-0.3, -0.25) is 9.69 Å². The monoisotopic (exact) mass is 332 g/mol. The van der Waals surface area contributed by atoms with Crippen molar-refractivity contribution in [2.75, 3.05) is 13.1 Å². The first kappa shape index (κ1) is 16.9. The van der Waals surface area contributed by atoms with Crippen molar-refractivity contribution in [1.82, 2.24) is 9.80 Å². The Bertz CT molecular complexity index is 549. The lowest BCUT2D eigenvalue weighted by atomic mass is 9.82. The van der Waals surface area contributed by atoms with Gasteiger partial charge in [-0.1, -0.05) is 34.6 Å². The summed E-state index contributed by atoms with van der Waals surface area (Å²) >= 11 is 0. The molecule has 0 N–H and O–H groups in total. The fraction of sp³-hybridized carbons (Fsp3) is 0.952. The van der Waals surface area contributed by atoms with Gasteiger partial charge in [-0.2, -0.15) is 0 Å². The zero-order chi connectivity index (χ0) is 17.6. The molecule has 4 aliphatic rings. The predicted molar refractivity (Wildman–Crippen MR) is 97.6 cm³/mol. The van der Waals surface area contributed by atoms with Crippen LogP contribution in [0, 0.1) is 35.0 Å². The number of fused-ring (bicyclic) bond motifs is 2. The van der Waals surface area contributed by atoms with Crippen LogP contribution in [-0.4, -0.2) is 46.4 Å². The third-order valence-corrected chi connectivity index (χ3v) is 7.96. The van der Waals surface area contributed by atoms with E-state index in [9.17, 15) is 4.79 Å². The van der Waals surface area contributed by atoms with Gasteiger partial charge in [-0.05, 0) is 61.7 Å². The summed E-state index contributed by atoms with van der Waals surface area (Å²) in [4.78, 5) is 18.5. The van der Waals surface area contributed by atoms with Crippen molar-refractivity contribution in [2.45, 2.75) is 78.9 Å². The molecular formula is C21H36N2O. The number of carbonyl (C=O) groups is 1. The highest BCUT2D eigenvalue weighted by molar-refractivity contribution is 5.84. The second-order valence-electron chi connectivity index (χ2n) is 10.8. The minimum Gasteiger partial charge on any atom is -0.337 e. The van der Waals surface area contributed by atoms with Crippen LogP contribution in [0.4, 0.5) is 0 Å². The highest BCUT2D eigenvalue weighted by Crippen LogP contribution is 2.60. The van der Waals surface area contributed by atoms with Crippen LogP contribution in [-0.2, 0) is 4.79 Å². The maximum absolute atomic E-state index is 13.7. The molecule has 2 heterocycles. The van der Waals surface area contributed by atoms with Gasteiger partial charge < -0.3 is 4.90 Å². The van der Waals surface area contributed by atoms with Crippen molar-refractivity contribution >= 4 is 5.91 Å². The van der Waals surface area contributed by atoms with E-state index in [1.165, 1.54) is 6.42 Å². The Labute approximate surface area is 148 Å². The van der Waals surface area contributed by atoms with Crippen LogP contribution in [0.3, 0.4) is 0 Å². The van der Waals surface area contributed by atoms with Gasteiger partial charge >= 0.3 is 0 Å². The Morgan fingerprint density at radius 1 is 1.08 bits per heavy atom. The summed E-state index contributed by atoms with van der Waals surface area (Å²) in [5, 5.41) is 0. The molecule has 0 bridgehead atoms. The number of piperidine rings is 2. The Morgan fingerprint density at radius 2 is 1.75 bits per heavy atom. The smallest absolute Gasteiger partial charge is 0.240 e. The normalized spacial score (nSPS) is 44.5. The lowest BCUT2D eigenvalue weighted by molar-refractivity contribution is -0.143. The third kappa shape index (κ3) is 2.29. The summed E-state index contributed by atoms with van der Waals surface area (Å²) in [6.07, 6.45) is 2.39. The van der Waals surface area contributed by atoms with E-state index in [2.05, 4.69) is 58.3 Å². The van der Waals surface area contributed by atoms with Gasteiger partial charge in [0, 0.05) is 24.7 Å². The summed E-state index contributed by atoms with van der Waals surface area (Å²) in [5.74, 6) is 4.21. The molecule has 136 valence electrons. The molecule has 4 fully saturated rings. The average Bonchev–Trinajstić information content (AvgIpc) is 3.26. The van der Waals surface area contributed by atoms with Crippen LogP contribution in [0.25, 0.3) is 0 Å². The molecular weight excluding hydrogens is 296 g/mol. The van der Waals surface area contributed by atoms with E-state index in [4.69, 9.17) is 0 Å². The Balaban J connectivity index is 1.59. The summed E-state index contributed by atoms with van der Waals surface area (Å²) in [5.41, 5.74) is 0.327. The molecule has 2 aliphatic carbocycles. The van der Waals surface area contributed by atoms with Crippen LogP contribution in [0.1, 0.15) is 61.3 Å². The standard InChI is InChI=1S/C21H36N2O/c1-8-21(6,7)23-10-13-9-14(13)17(23)19(24)22-11-15-12(2)16(15)18(22)20(3,4)5/h12-18H,8-11H2,1-7H3/t12-,13-,14-,15+,16-,17+,18?/m1/s1. The molecule has 24 heavy (non-hydrogen) atoms. The summed E-state index contributed by atoms with van der Waals surface area (Å²) in [6.45, 7) is 18.4. The molecule has 0 aromatic heterocycles. The van der Waals surface area contributed by atoms with Crippen LogP contribution in [0.2, 0.25) is 0 Å². The Hall–Kier alpha value is -0.570. The van der Waals surface area contributed by atoms with Crippen LogP contribution in [0.15, 0.2) is 0 Å². The minimum absolute atomic E-state index is 0.140. The largest absolute Gasteiger partial charge is 0.337 e. The summed E-state index contributed by atoms with van der Waals surface area (Å²) in [6, 6.07) is 0.594. The molecule has 0 spiro atoms. The molecule has 3 nitrogen and oxygen atoms in total. The number of carbonyl (C=O) groups excluding carboxylic acids is 1. The first-order chi connectivity index (χ1) is 11.1. The van der Waals surface area contributed by atoms with Gasteiger partial charge in [0.25, 0.3) is 0 Å². The topological polar surface area (TPSA) is 23.6 Å². The van der Waals surface area contributed by atoms with Crippen molar-refractivity contribution in [3.63, 3.8) is 0 Å². The second kappa shape index (κ2) is 4.99. The number of amides is 1. The lowest BCUT2D eigenvalue weighted by Gasteiger charge is -2.44. The van der Waals surface area contributed by atoms with E-state index in [0.717, 1.165) is 43.2 Å². The van der Waals surface area contributed by atoms with E-state index in [-0.39, 0.29) is 17.0 Å². The van der Waals surface area contributed by atoms with E-state index in [1.807, 2.05) is 0 Å². The van der Waals surface area contributed by atoms with Crippen LogP contribution >= 0.6 is 0 Å². The third-order valence-electron chi connectivity index (χ3n) is 7.96. The van der Waals surface area contributed by atoms with Crippen molar-refractivity contribution in [3.05, 3.63) is 0 Å². The van der Waals surface area contributed by atoms with E-state index < -0.39 is 0 Å². The summed E-state index contributed by atoms with van der Waals surface area (Å²) < 4.78 is 0. The van der Waals surface area contributed by atoms with Gasteiger partial charge in [0.15, 0.2) is 0 Å². The molecule has 0 aromatic rings. The molecule has 1 unspecified atom stereocenters. The van der Waals surface area contributed by atoms with Crippen LogP contribution in [0.5, 0.6) is 0 Å². The quantitative estimate of drug-likeness (QED) is 0.788. The maximum Gasteiger partial charge on any atom is 0.240 e. The highest BCUT2D eigenvalue weighted by atomic mass is 16.2. The van der Waals surface area contributed by atoms with Gasteiger partial charge in [0.2, 0.25) is 5.91 Å². The molecule has 4 rings (SSSR count). The fourth-order valence-corrected chi connectivity index (χ4v) is 5.99. The van der Waals surface area contributed by atoms with E-state index in [0.29, 0.717) is 17.9 Å². The Kier molecular flexibility index (Phi) is 3.51. The molecule has 0 aromatic carbocycles. The molecule has 2 aliphatic heterocycles. The zero-order valence-corrected chi connectivity index (χ0v) is 16.7. The van der Waals surface area contributed by atoms with E-state index >= 15 is 0 Å². The number of rotatable bonds is 3. The molecule has 2 saturated heterocycles. The maximum atomic E-state index is 13.7. The van der Waals surface area contributed by atoms with Crippen molar-refractivity contribution in [3.8, 4) is 0 Å². The molecule has 0 radical (unpaired) electrons. The number of likely N-dealkylation sites (tertiary alicyclic amines) is 2. The van der Waals surface area contributed by atoms with Crippen LogP contribution < -0.4 is 0 Å². The number of nitrogens with zero attached hydrogens (tertiary/aromatic N) is 2. The lowest BCUT2D eigenvalue weighted by Crippen LogP contribution is -2.58. The first-order valence-electron chi connectivity index (χ1n) is 10.1. The highest BCUT2D eigenvalue weighted by Gasteiger charge is 2.65. The number of hydrogen-bond donors (Lipinski definition) is 0. The molecule has 1 amide bonds. The van der Waals surface area contributed by atoms with Crippen molar-refractivity contribution in [2.24, 2.45) is 35.0 Å². The first-order valence-corrected chi connectivity index (χ1v) is 10.1. The molecule has 7 atom stereocenters. The molecule has 3 heteroatoms. The predicted octanol–water partition coefficient (Wildman–Crippen LogP) is 3.63. The minimum atomic E-state index is 0.140. The molecule has 2 saturated carbocycles. The average molecular weight is 333 g/mol. The number of hydrogen-bond acceptors (Lipinski definition) is 2.